The van der Waals surface area contributed by atoms with Crippen LogP contribution >= 0.6 is 11.6 Å². The predicted octanol–water partition coefficient (Wildman–Crippen LogP) is 3.42. The van der Waals surface area contributed by atoms with Crippen LogP contribution in [0.25, 0.3) is 0 Å². The van der Waals surface area contributed by atoms with Crippen molar-refractivity contribution in [3.05, 3.63) is 59.1 Å². The van der Waals surface area contributed by atoms with E-state index in [1.54, 1.807) is 55.6 Å². The summed E-state index contributed by atoms with van der Waals surface area (Å²) in [5, 5.41) is 9.89. The Morgan fingerprint density at radius 3 is 2.19 bits per heavy atom. The zero-order chi connectivity index (χ0) is 15.2. The first-order chi connectivity index (χ1) is 10.1. The molecule has 2 aromatic carbocycles. The largest absolute Gasteiger partial charge is 0.497 e. The molecule has 2 aromatic rings. The molecule has 5 heteroatoms. The highest BCUT2D eigenvalue weighted by Crippen LogP contribution is 2.20. The maximum Gasteiger partial charge on any atom is 0.345 e. The molecule has 0 aliphatic heterocycles. The molecule has 0 unspecified atom stereocenters. The van der Waals surface area contributed by atoms with E-state index >= 15 is 0 Å². The van der Waals surface area contributed by atoms with Crippen molar-refractivity contribution >= 4 is 17.6 Å². The molecule has 1 N–H and O–H groups in total. The molecule has 0 aromatic heterocycles. The first-order valence-corrected chi connectivity index (χ1v) is 6.74. The Balaban J connectivity index is 2.07. The molecule has 1 atom stereocenters. The van der Waals surface area contributed by atoms with Gasteiger partial charge in [0, 0.05) is 11.4 Å². The van der Waals surface area contributed by atoms with Crippen molar-refractivity contribution in [3.63, 3.8) is 0 Å². The number of hydrogen-bond acceptors (Lipinski definition) is 3. The third-order valence-corrected chi connectivity index (χ3v) is 3.20. The van der Waals surface area contributed by atoms with Crippen LogP contribution in [-0.4, -0.2) is 24.3 Å². The molecule has 110 valence electrons. The second kappa shape index (κ2) is 6.99. The van der Waals surface area contributed by atoms with Crippen molar-refractivity contribution in [2.24, 2.45) is 0 Å². The molecule has 0 radical (unpaired) electrons. The summed E-state index contributed by atoms with van der Waals surface area (Å²) in [4.78, 5) is 11.3. The van der Waals surface area contributed by atoms with Crippen LogP contribution in [0.15, 0.2) is 48.5 Å². The average molecular weight is 307 g/mol. The number of methoxy groups -OCH3 is 1. The molecular weight excluding hydrogens is 292 g/mol. The lowest BCUT2D eigenvalue weighted by Crippen LogP contribution is -2.29. The van der Waals surface area contributed by atoms with Crippen LogP contribution in [0.1, 0.15) is 5.56 Å². The third kappa shape index (κ3) is 4.39. The van der Waals surface area contributed by atoms with Gasteiger partial charge in [-0.05, 0) is 42.0 Å². The van der Waals surface area contributed by atoms with Crippen LogP contribution < -0.4 is 9.47 Å². The molecule has 0 bridgehead atoms. The summed E-state index contributed by atoms with van der Waals surface area (Å²) >= 11 is 5.81. The van der Waals surface area contributed by atoms with Gasteiger partial charge in [-0.3, -0.25) is 0 Å². The van der Waals surface area contributed by atoms with Crippen molar-refractivity contribution in [2.75, 3.05) is 7.11 Å². The number of ether oxygens (including phenoxy) is 2. The fourth-order valence-corrected chi connectivity index (χ4v) is 1.96. The molecule has 0 fully saturated rings. The number of aliphatic carboxylic acids is 1. The van der Waals surface area contributed by atoms with Gasteiger partial charge in [-0.15, -0.1) is 0 Å². The monoisotopic (exact) mass is 306 g/mol. The minimum Gasteiger partial charge on any atom is -0.497 e. The number of carbonyl (C=O) groups is 1. The Morgan fingerprint density at radius 1 is 1.10 bits per heavy atom. The molecule has 4 nitrogen and oxygen atoms in total. The summed E-state index contributed by atoms with van der Waals surface area (Å²) in [5.74, 6) is 0.157. The Kier molecular flexibility index (Phi) is 5.06. The van der Waals surface area contributed by atoms with E-state index in [2.05, 4.69) is 0 Å². The van der Waals surface area contributed by atoms with Gasteiger partial charge in [0.25, 0.3) is 0 Å². The summed E-state index contributed by atoms with van der Waals surface area (Å²) in [6, 6.07) is 13.8. The smallest absolute Gasteiger partial charge is 0.345 e. The number of carboxylic acids is 1. The number of hydrogen-bond donors (Lipinski definition) is 1. The average Bonchev–Trinajstić information content (AvgIpc) is 2.49. The zero-order valence-corrected chi connectivity index (χ0v) is 12.2. The van der Waals surface area contributed by atoms with Crippen molar-refractivity contribution in [2.45, 2.75) is 12.5 Å². The topological polar surface area (TPSA) is 55.8 Å². The Bertz CT molecular complexity index is 593. The molecule has 0 saturated heterocycles. The number of rotatable bonds is 6. The number of carboxylic acid groups (broad SMARTS) is 1. The van der Waals surface area contributed by atoms with Crippen molar-refractivity contribution in [1.29, 1.82) is 0 Å². The molecule has 0 saturated carbocycles. The highest BCUT2D eigenvalue weighted by Gasteiger charge is 2.20. The summed E-state index contributed by atoms with van der Waals surface area (Å²) in [7, 11) is 1.57. The maximum atomic E-state index is 11.3. The van der Waals surface area contributed by atoms with Gasteiger partial charge < -0.3 is 14.6 Å². The lowest BCUT2D eigenvalue weighted by atomic mass is 10.1. The lowest BCUT2D eigenvalue weighted by molar-refractivity contribution is -0.145. The Labute approximate surface area is 127 Å². The highest BCUT2D eigenvalue weighted by atomic mass is 35.5. The molecule has 21 heavy (non-hydrogen) atoms. The van der Waals surface area contributed by atoms with Gasteiger partial charge in [0.05, 0.1) is 7.11 Å². The zero-order valence-electron chi connectivity index (χ0n) is 11.5. The minimum absolute atomic E-state index is 0.262. The fourth-order valence-electron chi connectivity index (χ4n) is 1.83. The first-order valence-electron chi connectivity index (χ1n) is 6.36. The van der Waals surface area contributed by atoms with E-state index in [9.17, 15) is 9.90 Å². The van der Waals surface area contributed by atoms with E-state index in [0.717, 1.165) is 5.56 Å². The van der Waals surface area contributed by atoms with Gasteiger partial charge in [-0.1, -0.05) is 23.7 Å². The Morgan fingerprint density at radius 2 is 1.67 bits per heavy atom. The van der Waals surface area contributed by atoms with Crippen LogP contribution in [0.4, 0.5) is 0 Å². The second-order valence-corrected chi connectivity index (χ2v) is 4.89. The molecule has 0 heterocycles. The van der Waals surface area contributed by atoms with Gasteiger partial charge in [0.15, 0.2) is 6.10 Å². The molecule has 0 aliphatic rings. The summed E-state index contributed by atoms with van der Waals surface area (Å²) < 4.78 is 10.6. The van der Waals surface area contributed by atoms with E-state index in [-0.39, 0.29) is 6.42 Å². The first kappa shape index (κ1) is 15.2. The fraction of sp³-hybridized carbons (Fsp3) is 0.188. The number of benzene rings is 2. The Hall–Kier alpha value is -2.20. The predicted molar refractivity (Wildman–Crippen MR) is 80.2 cm³/mol. The summed E-state index contributed by atoms with van der Waals surface area (Å²) in [5.41, 5.74) is 0.848. The van der Waals surface area contributed by atoms with Crippen LogP contribution in [0, 0.1) is 0 Å². The van der Waals surface area contributed by atoms with Crippen LogP contribution in [-0.2, 0) is 11.2 Å². The maximum absolute atomic E-state index is 11.3. The molecule has 2 rings (SSSR count). The van der Waals surface area contributed by atoms with Gasteiger partial charge in [0.2, 0.25) is 0 Å². The third-order valence-electron chi connectivity index (χ3n) is 2.95. The van der Waals surface area contributed by atoms with E-state index in [1.165, 1.54) is 0 Å². The van der Waals surface area contributed by atoms with E-state index < -0.39 is 12.1 Å². The quantitative estimate of drug-likeness (QED) is 0.888. The van der Waals surface area contributed by atoms with Gasteiger partial charge in [0.1, 0.15) is 11.5 Å². The van der Waals surface area contributed by atoms with Crippen molar-refractivity contribution < 1.29 is 19.4 Å². The van der Waals surface area contributed by atoms with Crippen LogP contribution in [0.5, 0.6) is 11.5 Å². The van der Waals surface area contributed by atoms with Crippen LogP contribution in [0.3, 0.4) is 0 Å². The van der Waals surface area contributed by atoms with E-state index in [0.29, 0.717) is 16.5 Å². The van der Waals surface area contributed by atoms with Gasteiger partial charge >= 0.3 is 5.97 Å². The normalized spacial score (nSPS) is 11.7. The van der Waals surface area contributed by atoms with E-state index in [4.69, 9.17) is 21.1 Å². The second-order valence-electron chi connectivity index (χ2n) is 4.45. The molecule has 0 aliphatic carbocycles. The standard InChI is InChI=1S/C16H15ClO4/c1-20-13-6-8-14(9-7-13)21-15(16(18)19)10-11-2-4-12(17)5-3-11/h2-9,15H,10H2,1H3,(H,18,19)/t15-/m0/s1. The molecule has 0 amide bonds. The van der Waals surface area contributed by atoms with Crippen molar-refractivity contribution in [3.8, 4) is 11.5 Å². The number of halogens is 1. The van der Waals surface area contributed by atoms with E-state index in [1.807, 2.05) is 0 Å². The van der Waals surface area contributed by atoms with Gasteiger partial charge in [-0.2, -0.15) is 0 Å². The molecular formula is C16H15ClO4. The summed E-state index contributed by atoms with van der Waals surface area (Å²) in [6.07, 6.45) is -0.696. The highest BCUT2D eigenvalue weighted by molar-refractivity contribution is 6.30. The molecule has 0 spiro atoms. The summed E-state index contributed by atoms with van der Waals surface area (Å²) in [6.45, 7) is 0. The van der Waals surface area contributed by atoms with Crippen molar-refractivity contribution in [1.82, 2.24) is 0 Å². The van der Waals surface area contributed by atoms with Gasteiger partial charge in [-0.25, -0.2) is 4.79 Å². The SMILES string of the molecule is COc1ccc(O[C@@H](Cc2ccc(Cl)cc2)C(=O)O)cc1. The van der Waals surface area contributed by atoms with Crippen LogP contribution in [0.2, 0.25) is 5.02 Å². The minimum atomic E-state index is -1.01. The lowest BCUT2D eigenvalue weighted by Gasteiger charge is -2.15.